The Morgan fingerprint density at radius 1 is 1.32 bits per heavy atom. The molecule has 142 valence electrons. The molecule has 1 N–H and O–H groups in total. The van der Waals surface area contributed by atoms with Crippen molar-refractivity contribution in [2.24, 2.45) is 11.8 Å². The van der Waals surface area contributed by atoms with Crippen molar-refractivity contribution in [1.29, 1.82) is 0 Å². The van der Waals surface area contributed by atoms with E-state index >= 15 is 0 Å². The lowest BCUT2D eigenvalue weighted by Crippen LogP contribution is -2.21. The third-order valence-electron chi connectivity index (χ3n) is 4.88. The minimum Gasteiger partial charge on any atom is -0.458 e. The molecule has 1 aliphatic rings. The van der Waals surface area contributed by atoms with Gasteiger partial charge in [0, 0.05) is 13.3 Å². The highest BCUT2D eigenvalue weighted by molar-refractivity contribution is 5.66. The highest BCUT2D eigenvalue weighted by Crippen LogP contribution is 2.25. The molecule has 0 bridgehead atoms. The first-order valence-corrected chi connectivity index (χ1v) is 9.51. The van der Waals surface area contributed by atoms with Crippen LogP contribution in [0.2, 0.25) is 0 Å². The second-order valence-corrected chi connectivity index (χ2v) is 8.12. The Hall–Kier alpha value is -1.35. The number of allylic oxidation sites excluding steroid dienone is 3. The van der Waals surface area contributed by atoms with Gasteiger partial charge in [-0.25, -0.2) is 0 Å². The second-order valence-electron chi connectivity index (χ2n) is 8.12. The molecule has 0 saturated carbocycles. The molecule has 3 nitrogen and oxygen atoms in total. The molecule has 25 heavy (non-hydrogen) atoms. The van der Waals surface area contributed by atoms with E-state index in [0.717, 1.165) is 19.3 Å². The molecule has 0 aliphatic heterocycles. The first-order chi connectivity index (χ1) is 11.6. The monoisotopic (exact) mass is 348 g/mol. The van der Waals surface area contributed by atoms with Gasteiger partial charge in [0.1, 0.15) is 6.10 Å². The van der Waals surface area contributed by atoms with Gasteiger partial charge in [-0.15, -0.1) is 0 Å². The van der Waals surface area contributed by atoms with E-state index in [2.05, 4.69) is 45.9 Å². The summed E-state index contributed by atoms with van der Waals surface area (Å²) in [6.07, 6.45) is 12.4. The number of carbonyl (C=O) groups excluding carboxylic acids is 1. The van der Waals surface area contributed by atoms with Gasteiger partial charge in [0.2, 0.25) is 0 Å². The van der Waals surface area contributed by atoms with Crippen LogP contribution >= 0.6 is 0 Å². The van der Waals surface area contributed by atoms with Crippen molar-refractivity contribution < 1.29 is 14.6 Å². The van der Waals surface area contributed by atoms with Crippen LogP contribution in [0.5, 0.6) is 0 Å². The fourth-order valence-corrected chi connectivity index (χ4v) is 3.22. The van der Waals surface area contributed by atoms with Crippen LogP contribution in [0.25, 0.3) is 0 Å². The number of rotatable bonds is 2. The highest BCUT2D eigenvalue weighted by Gasteiger charge is 2.19. The molecule has 0 amide bonds. The van der Waals surface area contributed by atoms with Crippen LogP contribution < -0.4 is 0 Å². The molecule has 0 spiro atoms. The molecule has 0 aromatic carbocycles. The molecule has 3 atom stereocenters. The van der Waals surface area contributed by atoms with E-state index in [1.165, 1.54) is 18.1 Å². The van der Waals surface area contributed by atoms with Crippen LogP contribution in [0.15, 0.2) is 35.5 Å². The molecule has 0 fully saturated rings. The lowest BCUT2D eigenvalue weighted by Gasteiger charge is -2.23. The molecule has 0 saturated heterocycles. The van der Waals surface area contributed by atoms with Crippen LogP contribution in [0.3, 0.4) is 0 Å². The molecule has 0 radical (unpaired) electrons. The van der Waals surface area contributed by atoms with Crippen molar-refractivity contribution in [3.63, 3.8) is 0 Å². The number of hydrogen-bond donors (Lipinski definition) is 1. The Morgan fingerprint density at radius 3 is 2.60 bits per heavy atom. The van der Waals surface area contributed by atoms with Crippen molar-refractivity contribution >= 4 is 5.97 Å². The van der Waals surface area contributed by atoms with E-state index in [1.54, 1.807) is 0 Å². The predicted molar refractivity (Wildman–Crippen MR) is 104 cm³/mol. The van der Waals surface area contributed by atoms with Crippen LogP contribution in [-0.4, -0.2) is 22.8 Å². The second kappa shape index (κ2) is 9.96. The number of aliphatic hydroxyl groups is 1. The van der Waals surface area contributed by atoms with Crippen LogP contribution in [0.4, 0.5) is 0 Å². The molecule has 3 heteroatoms. The summed E-state index contributed by atoms with van der Waals surface area (Å²) >= 11 is 0. The normalized spacial score (nSPS) is 35.0. The smallest absolute Gasteiger partial charge is 0.303 e. The van der Waals surface area contributed by atoms with Crippen molar-refractivity contribution in [2.75, 3.05) is 0 Å². The largest absolute Gasteiger partial charge is 0.458 e. The molecular weight excluding hydrogens is 312 g/mol. The van der Waals surface area contributed by atoms with Gasteiger partial charge in [-0.1, -0.05) is 43.2 Å². The molecule has 0 heterocycles. The first-order valence-electron chi connectivity index (χ1n) is 9.51. The lowest BCUT2D eigenvalue weighted by molar-refractivity contribution is -0.144. The molecule has 0 aromatic heterocycles. The van der Waals surface area contributed by atoms with Gasteiger partial charge < -0.3 is 9.84 Å². The third kappa shape index (κ3) is 9.06. The minimum atomic E-state index is -0.784. The average molecular weight is 349 g/mol. The molecule has 1 aliphatic carbocycles. The van der Waals surface area contributed by atoms with Gasteiger partial charge in [0.15, 0.2) is 0 Å². The Labute approximate surface area is 153 Å². The average Bonchev–Trinajstić information content (AvgIpc) is 2.44. The van der Waals surface area contributed by atoms with Crippen LogP contribution in [-0.2, 0) is 9.53 Å². The summed E-state index contributed by atoms with van der Waals surface area (Å²) in [5, 5.41) is 10.6. The maximum atomic E-state index is 11.4. The number of carbonyl (C=O) groups is 1. The van der Waals surface area contributed by atoms with Crippen molar-refractivity contribution in [2.45, 2.75) is 85.4 Å². The summed E-state index contributed by atoms with van der Waals surface area (Å²) in [5.74, 6) is 0.718. The third-order valence-corrected chi connectivity index (χ3v) is 4.88. The zero-order valence-corrected chi connectivity index (χ0v) is 16.8. The van der Waals surface area contributed by atoms with Gasteiger partial charge in [0.25, 0.3) is 0 Å². The maximum absolute atomic E-state index is 11.4. The summed E-state index contributed by atoms with van der Waals surface area (Å²) in [5.41, 5.74) is 1.66. The van der Waals surface area contributed by atoms with E-state index < -0.39 is 5.60 Å². The van der Waals surface area contributed by atoms with Crippen molar-refractivity contribution in [1.82, 2.24) is 0 Å². The van der Waals surface area contributed by atoms with Crippen molar-refractivity contribution in [3.8, 4) is 0 Å². The van der Waals surface area contributed by atoms with E-state index in [-0.39, 0.29) is 12.1 Å². The van der Waals surface area contributed by atoms with E-state index in [1.807, 2.05) is 13.0 Å². The Kier molecular flexibility index (Phi) is 8.64. The summed E-state index contributed by atoms with van der Waals surface area (Å²) in [4.78, 5) is 11.4. The first kappa shape index (κ1) is 21.7. The summed E-state index contributed by atoms with van der Waals surface area (Å²) in [7, 11) is 0. The quantitative estimate of drug-likeness (QED) is 0.540. The van der Waals surface area contributed by atoms with Gasteiger partial charge >= 0.3 is 5.97 Å². The Balaban J connectivity index is 3.05. The molecule has 0 unspecified atom stereocenters. The highest BCUT2D eigenvalue weighted by atomic mass is 16.5. The summed E-state index contributed by atoms with van der Waals surface area (Å²) in [6, 6.07) is 0. The van der Waals surface area contributed by atoms with Gasteiger partial charge in [-0.2, -0.15) is 0 Å². The minimum absolute atomic E-state index is 0.203. The zero-order chi connectivity index (χ0) is 19.0. The van der Waals surface area contributed by atoms with Crippen molar-refractivity contribution in [3.05, 3.63) is 35.5 Å². The topological polar surface area (TPSA) is 46.5 Å². The molecule has 0 aromatic rings. The lowest BCUT2D eigenvalue weighted by atomic mass is 9.86. The summed E-state index contributed by atoms with van der Waals surface area (Å²) in [6.45, 7) is 12.0. The SMILES string of the molecule is CC(=O)O[C@H]1/C=C(\C)CC[C@@H](C(C)C)/C=C/[C@](C)(O)CC/C=C(/C)C1. The van der Waals surface area contributed by atoms with Gasteiger partial charge in [0.05, 0.1) is 5.60 Å². The maximum Gasteiger partial charge on any atom is 0.303 e. The number of ether oxygens (including phenoxy) is 1. The van der Waals surface area contributed by atoms with Gasteiger partial charge in [-0.3, -0.25) is 4.79 Å². The Morgan fingerprint density at radius 2 is 2.00 bits per heavy atom. The Bertz CT molecular complexity index is 523. The van der Waals surface area contributed by atoms with Crippen LogP contribution in [0.1, 0.15) is 73.6 Å². The zero-order valence-electron chi connectivity index (χ0n) is 16.8. The molecule has 1 rings (SSSR count). The standard InChI is InChI=1S/C22H36O3/c1-16(2)20-10-9-18(4)15-21(25-19(5)23)14-17(3)8-7-12-22(6,24)13-11-20/h8,11,13,15-16,20-21,24H,7,9-10,12,14H2,1-6H3/b13-11+,17-8-,18-15+/t20-,21-,22-/m1/s1. The molecular formula is C22H36O3. The fourth-order valence-electron chi connectivity index (χ4n) is 3.22. The van der Waals surface area contributed by atoms with Gasteiger partial charge in [-0.05, 0) is 64.4 Å². The fraction of sp³-hybridized carbons (Fsp3) is 0.682. The summed E-state index contributed by atoms with van der Waals surface area (Å²) < 4.78 is 5.49. The van der Waals surface area contributed by atoms with E-state index in [4.69, 9.17) is 4.74 Å². The van der Waals surface area contributed by atoms with Crippen LogP contribution in [0, 0.1) is 11.8 Å². The van der Waals surface area contributed by atoms with E-state index in [0.29, 0.717) is 24.7 Å². The van der Waals surface area contributed by atoms with E-state index in [9.17, 15) is 9.90 Å². The number of esters is 1. The number of hydrogen-bond acceptors (Lipinski definition) is 3. The predicted octanol–water partition coefficient (Wildman–Crippen LogP) is 5.35.